The first-order valence-corrected chi connectivity index (χ1v) is 6.17. The van der Waals surface area contributed by atoms with E-state index in [1.165, 1.54) is 0 Å². The number of benzene rings is 1. The van der Waals surface area contributed by atoms with Crippen LogP contribution in [0.2, 0.25) is 5.02 Å². The van der Waals surface area contributed by atoms with Gasteiger partial charge in [-0.05, 0) is 39.7 Å². The maximum Gasteiger partial charge on any atom is 0.156 e. The van der Waals surface area contributed by atoms with Crippen LogP contribution in [0.5, 0.6) is 0 Å². The second-order valence-electron chi connectivity index (χ2n) is 3.62. The number of nitrogens with one attached hydrogen (secondary N) is 1. The molecule has 0 bridgehead atoms. The van der Waals surface area contributed by atoms with Crippen molar-refractivity contribution in [2.45, 2.75) is 0 Å². The monoisotopic (exact) mass is 307 g/mol. The van der Waals surface area contributed by atoms with Crippen molar-refractivity contribution in [2.75, 3.05) is 0 Å². The van der Waals surface area contributed by atoms with E-state index < -0.39 is 0 Å². The molecule has 0 aliphatic rings. The predicted octanol–water partition coefficient (Wildman–Crippen LogP) is 4.04. The molecule has 0 aliphatic heterocycles. The standard InChI is InChI=1S/C12H7BrClN3/c13-11-6-15-12-10(16-11)5-9(17-12)7-1-3-8(14)4-2-7/h1-6H,(H,15,17). The number of hydrogen-bond donors (Lipinski definition) is 1. The van der Waals surface area contributed by atoms with Crippen molar-refractivity contribution in [1.29, 1.82) is 0 Å². The lowest BCUT2D eigenvalue weighted by molar-refractivity contribution is 1.23. The van der Waals surface area contributed by atoms with Crippen LogP contribution in [0.15, 0.2) is 41.1 Å². The minimum atomic E-state index is 0.726. The number of halogens is 2. The molecule has 0 saturated carbocycles. The van der Waals surface area contributed by atoms with Crippen molar-refractivity contribution in [3.8, 4) is 11.3 Å². The summed E-state index contributed by atoms with van der Waals surface area (Å²) in [6.45, 7) is 0. The summed E-state index contributed by atoms with van der Waals surface area (Å²) in [5, 5.41) is 0.726. The Morgan fingerprint density at radius 2 is 1.94 bits per heavy atom. The summed E-state index contributed by atoms with van der Waals surface area (Å²) < 4.78 is 0.728. The van der Waals surface area contributed by atoms with Crippen LogP contribution < -0.4 is 0 Å². The number of hydrogen-bond acceptors (Lipinski definition) is 2. The van der Waals surface area contributed by atoms with Crippen LogP contribution in [0, 0.1) is 0 Å². The fourth-order valence-electron chi connectivity index (χ4n) is 1.66. The highest BCUT2D eigenvalue weighted by atomic mass is 79.9. The molecule has 0 fully saturated rings. The predicted molar refractivity (Wildman–Crippen MR) is 72.0 cm³/mol. The molecule has 3 aromatic rings. The molecule has 84 valence electrons. The maximum atomic E-state index is 5.86. The second-order valence-corrected chi connectivity index (χ2v) is 4.87. The number of aromatic amines is 1. The normalized spacial score (nSPS) is 10.9. The summed E-state index contributed by atoms with van der Waals surface area (Å²) in [7, 11) is 0. The van der Waals surface area contributed by atoms with Gasteiger partial charge >= 0.3 is 0 Å². The van der Waals surface area contributed by atoms with Crippen LogP contribution in [0.3, 0.4) is 0 Å². The Hall–Kier alpha value is -1.39. The fraction of sp³-hybridized carbons (Fsp3) is 0. The smallest absolute Gasteiger partial charge is 0.156 e. The Morgan fingerprint density at radius 1 is 1.18 bits per heavy atom. The van der Waals surface area contributed by atoms with Crippen LogP contribution in [-0.4, -0.2) is 15.0 Å². The Bertz CT molecular complexity index is 676. The second kappa shape index (κ2) is 4.13. The Labute approximate surface area is 111 Å². The van der Waals surface area contributed by atoms with Gasteiger partial charge in [0.15, 0.2) is 5.65 Å². The van der Waals surface area contributed by atoms with Gasteiger partial charge in [0.2, 0.25) is 0 Å². The first kappa shape index (κ1) is 10.7. The molecule has 0 unspecified atom stereocenters. The fourth-order valence-corrected chi connectivity index (χ4v) is 2.08. The van der Waals surface area contributed by atoms with E-state index in [-0.39, 0.29) is 0 Å². The number of nitrogens with zero attached hydrogens (tertiary/aromatic N) is 2. The SMILES string of the molecule is Clc1ccc(-c2cc3nc(Br)cnc3[nH]2)cc1. The molecular formula is C12H7BrClN3. The molecule has 17 heavy (non-hydrogen) atoms. The largest absolute Gasteiger partial charge is 0.338 e. The molecule has 0 spiro atoms. The minimum absolute atomic E-state index is 0.726. The third kappa shape index (κ3) is 2.06. The Balaban J connectivity index is 2.14. The topological polar surface area (TPSA) is 41.6 Å². The Kier molecular flexibility index (Phi) is 2.61. The van der Waals surface area contributed by atoms with E-state index in [1.807, 2.05) is 30.3 Å². The van der Waals surface area contributed by atoms with Gasteiger partial charge in [0.05, 0.1) is 6.20 Å². The average Bonchev–Trinajstić information content (AvgIpc) is 2.72. The van der Waals surface area contributed by atoms with Gasteiger partial charge in [-0.15, -0.1) is 0 Å². The lowest BCUT2D eigenvalue weighted by Gasteiger charge is -1.96. The summed E-state index contributed by atoms with van der Waals surface area (Å²) in [6.07, 6.45) is 1.67. The van der Waals surface area contributed by atoms with E-state index >= 15 is 0 Å². The molecule has 0 aliphatic carbocycles. The van der Waals surface area contributed by atoms with Crippen LogP contribution in [0.4, 0.5) is 0 Å². The third-order valence-electron chi connectivity index (χ3n) is 2.46. The zero-order valence-electron chi connectivity index (χ0n) is 8.61. The van der Waals surface area contributed by atoms with Gasteiger partial charge in [0.25, 0.3) is 0 Å². The molecule has 2 aromatic heterocycles. The van der Waals surface area contributed by atoms with Gasteiger partial charge in [0.1, 0.15) is 10.1 Å². The van der Waals surface area contributed by atoms with Gasteiger partial charge < -0.3 is 4.98 Å². The van der Waals surface area contributed by atoms with E-state index in [0.717, 1.165) is 32.0 Å². The van der Waals surface area contributed by atoms with Gasteiger partial charge in [0, 0.05) is 10.7 Å². The van der Waals surface area contributed by atoms with Gasteiger partial charge in [-0.3, -0.25) is 0 Å². The molecule has 5 heteroatoms. The molecule has 1 aromatic carbocycles. The lowest BCUT2D eigenvalue weighted by Crippen LogP contribution is -1.80. The van der Waals surface area contributed by atoms with E-state index in [1.54, 1.807) is 6.20 Å². The van der Waals surface area contributed by atoms with Crippen molar-refractivity contribution in [1.82, 2.24) is 15.0 Å². The van der Waals surface area contributed by atoms with Crippen molar-refractivity contribution < 1.29 is 0 Å². The highest BCUT2D eigenvalue weighted by molar-refractivity contribution is 9.10. The molecule has 0 amide bonds. The number of rotatable bonds is 1. The van der Waals surface area contributed by atoms with Gasteiger partial charge in [-0.1, -0.05) is 23.7 Å². The highest BCUT2D eigenvalue weighted by Crippen LogP contribution is 2.24. The third-order valence-corrected chi connectivity index (χ3v) is 3.09. The number of aromatic nitrogens is 3. The van der Waals surface area contributed by atoms with Crippen molar-refractivity contribution in [2.24, 2.45) is 0 Å². The summed E-state index contributed by atoms with van der Waals surface area (Å²) in [5.41, 5.74) is 3.66. The zero-order chi connectivity index (χ0) is 11.8. The van der Waals surface area contributed by atoms with Crippen LogP contribution in [0.1, 0.15) is 0 Å². The molecule has 0 radical (unpaired) electrons. The molecular weight excluding hydrogens is 302 g/mol. The Morgan fingerprint density at radius 3 is 2.71 bits per heavy atom. The van der Waals surface area contributed by atoms with Crippen molar-refractivity contribution >= 4 is 38.7 Å². The molecule has 0 atom stereocenters. The van der Waals surface area contributed by atoms with Gasteiger partial charge in [-0.25, -0.2) is 9.97 Å². The first-order valence-electron chi connectivity index (χ1n) is 4.99. The maximum absolute atomic E-state index is 5.86. The highest BCUT2D eigenvalue weighted by Gasteiger charge is 2.05. The van der Waals surface area contributed by atoms with E-state index in [4.69, 9.17) is 11.6 Å². The quantitative estimate of drug-likeness (QED) is 0.737. The molecule has 3 rings (SSSR count). The summed E-state index contributed by atoms with van der Waals surface area (Å²) in [5.74, 6) is 0. The van der Waals surface area contributed by atoms with Crippen LogP contribution in [-0.2, 0) is 0 Å². The van der Waals surface area contributed by atoms with E-state index in [9.17, 15) is 0 Å². The first-order chi connectivity index (χ1) is 8.22. The van der Waals surface area contributed by atoms with E-state index in [0.29, 0.717) is 0 Å². The van der Waals surface area contributed by atoms with E-state index in [2.05, 4.69) is 30.9 Å². The lowest BCUT2D eigenvalue weighted by atomic mass is 10.2. The van der Waals surface area contributed by atoms with Crippen LogP contribution in [0.25, 0.3) is 22.4 Å². The summed E-state index contributed by atoms with van der Waals surface area (Å²) >= 11 is 9.16. The molecule has 0 saturated heterocycles. The number of H-pyrrole nitrogens is 1. The van der Waals surface area contributed by atoms with Crippen molar-refractivity contribution in [3.63, 3.8) is 0 Å². The van der Waals surface area contributed by atoms with Crippen molar-refractivity contribution in [3.05, 3.63) is 46.2 Å². The van der Waals surface area contributed by atoms with Gasteiger partial charge in [-0.2, -0.15) is 0 Å². The molecule has 1 N–H and O–H groups in total. The summed E-state index contributed by atoms with van der Waals surface area (Å²) in [4.78, 5) is 11.8. The molecule has 2 heterocycles. The minimum Gasteiger partial charge on any atom is -0.338 e. The molecule has 3 nitrogen and oxygen atoms in total. The van der Waals surface area contributed by atoms with Crippen LogP contribution >= 0.6 is 27.5 Å². The average molecular weight is 309 g/mol. The summed E-state index contributed by atoms with van der Waals surface area (Å²) in [6, 6.07) is 9.61. The zero-order valence-corrected chi connectivity index (χ0v) is 11.0. The number of fused-ring (bicyclic) bond motifs is 1.